The normalized spacial score (nSPS) is 11.8. The molecule has 0 spiro atoms. The molecule has 2 aromatic rings. The van der Waals surface area contributed by atoms with Gasteiger partial charge in [-0.1, -0.05) is 30.3 Å². The van der Waals surface area contributed by atoms with Gasteiger partial charge >= 0.3 is 6.18 Å². The van der Waals surface area contributed by atoms with Gasteiger partial charge in [0.2, 0.25) is 0 Å². The number of hydrogen-bond donors (Lipinski definition) is 1. The van der Waals surface area contributed by atoms with Crippen LogP contribution in [-0.2, 0) is 12.7 Å². The first-order valence-corrected chi connectivity index (χ1v) is 5.79. The molecule has 0 aliphatic rings. The van der Waals surface area contributed by atoms with Crippen molar-refractivity contribution >= 4 is 11.3 Å². The molecule has 2 N–H and O–H groups in total. The zero-order valence-electron chi connectivity index (χ0n) is 8.79. The fraction of sp³-hybridized carbons (Fsp3) is 0.167. The third-order valence-electron chi connectivity index (χ3n) is 2.33. The van der Waals surface area contributed by atoms with Gasteiger partial charge in [-0.25, -0.2) is 0 Å². The van der Waals surface area contributed by atoms with Crippen molar-refractivity contribution in [1.82, 2.24) is 0 Å². The zero-order chi connectivity index (χ0) is 12.5. The van der Waals surface area contributed by atoms with Crippen molar-refractivity contribution in [2.75, 3.05) is 0 Å². The molecular weight excluding hydrogens is 247 g/mol. The summed E-state index contributed by atoms with van der Waals surface area (Å²) in [5.41, 5.74) is 6.17. The van der Waals surface area contributed by atoms with Gasteiger partial charge in [-0.15, -0.1) is 11.3 Å². The number of nitrogens with two attached hydrogens (primary N) is 1. The number of rotatable bonds is 2. The van der Waals surface area contributed by atoms with Gasteiger partial charge in [0.15, 0.2) is 0 Å². The van der Waals surface area contributed by atoms with Gasteiger partial charge in [0, 0.05) is 17.0 Å². The predicted molar refractivity (Wildman–Crippen MR) is 62.6 cm³/mol. The molecule has 17 heavy (non-hydrogen) atoms. The molecule has 90 valence electrons. The lowest BCUT2D eigenvalue weighted by molar-refractivity contribution is -0.133. The molecule has 5 heteroatoms. The van der Waals surface area contributed by atoms with E-state index in [1.807, 2.05) is 0 Å². The Balaban J connectivity index is 2.57. The minimum atomic E-state index is -4.33. The van der Waals surface area contributed by atoms with Crippen LogP contribution in [-0.4, -0.2) is 0 Å². The van der Waals surface area contributed by atoms with E-state index in [0.29, 0.717) is 21.8 Å². The average molecular weight is 257 g/mol. The van der Waals surface area contributed by atoms with Crippen molar-refractivity contribution in [3.63, 3.8) is 0 Å². The van der Waals surface area contributed by atoms with Crippen LogP contribution in [0.15, 0.2) is 36.4 Å². The quantitative estimate of drug-likeness (QED) is 0.867. The van der Waals surface area contributed by atoms with Crippen LogP contribution < -0.4 is 5.73 Å². The maximum Gasteiger partial charge on any atom is 0.426 e. The molecule has 0 amide bonds. The highest BCUT2D eigenvalue weighted by atomic mass is 32.1. The second-order valence-electron chi connectivity index (χ2n) is 3.52. The van der Waals surface area contributed by atoms with Gasteiger partial charge in [0.05, 0.1) is 0 Å². The average Bonchev–Trinajstić information content (AvgIpc) is 2.74. The Morgan fingerprint density at radius 3 is 2.29 bits per heavy atom. The second kappa shape index (κ2) is 4.50. The molecule has 0 aliphatic heterocycles. The highest BCUT2D eigenvalue weighted by molar-refractivity contribution is 7.12. The number of halogens is 3. The van der Waals surface area contributed by atoms with Crippen molar-refractivity contribution in [3.05, 3.63) is 46.2 Å². The molecule has 0 saturated carbocycles. The van der Waals surface area contributed by atoms with Gasteiger partial charge in [0.25, 0.3) is 0 Å². The van der Waals surface area contributed by atoms with Gasteiger partial charge in [-0.3, -0.25) is 0 Å². The van der Waals surface area contributed by atoms with Crippen molar-refractivity contribution in [2.45, 2.75) is 12.7 Å². The zero-order valence-corrected chi connectivity index (χ0v) is 9.61. The Hall–Kier alpha value is -1.33. The molecular formula is C12H10F3NS. The van der Waals surface area contributed by atoms with Crippen LogP contribution in [0.5, 0.6) is 0 Å². The third-order valence-corrected chi connectivity index (χ3v) is 3.53. The second-order valence-corrected chi connectivity index (χ2v) is 4.66. The number of thiophene rings is 1. The molecule has 0 bridgehead atoms. The molecule has 1 nitrogen and oxygen atoms in total. The van der Waals surface area contributed by atoms with Crippen LogP contribution in [0, 0.1) is 0 Å². The van der Waals surface area contributed by atoms with E-state index in [1.54, 1.807) is 30.3 Å². The lowest BCUT2D eigenvalue weighted by atomic mass is 10.1. The van der Waals surface area contributed by atoms with Crippen molar-refractivity contribution < 1.29 is 13.2 Å². The Bertz CT molecular complexity index is 502. The first-order valence-electron chi connectivity index (χ1n) is 4.98. The fourth-order valence-electron chi connectivity index (χ4n) is 1.59. The monoisotopic (exact) mass is 257 g/mol. The van der Waals surface area contributed by atoms with E-state index in [-0.39, 0.29) is 12.1 Å². The summed E-state index contributed by atoms with van der Waals surface area (Å²) in [7, 11) is 0. The molecule has 0 radical (unpaired) electrons. The molecule has 0 atom stereocenters. The maximum atomic E-state index is 12.9. The molecule has 0 saturated heterocycles. The highest BCUT2D eigenvalue weighted by Crippen LogP contribution is 2.42. The Kier molecular flexibility index (Phi) is 3.22. The summed E-state index contributed by atoms with van der Waals surface area (Å²) in [6.07, 6.45) is -4.33. The Morgan fingerprint density at radius 1 is 1.12 bits per heavy atom. The SMILES string of the molecule is NCc1cc(-c2ccccc2)c(C(F)(F)F)s1. The lowest BCUT2D eigenvalue weighted by Crippen LogP contribution is -2.03. The molecule has 1 heterocycles. The van der Waals surface area contributed by atoms with Gasteiger partial charge < -0.3 is 5.73 Å². The van der Waals surface area contributed by atoms with Crippen LogP contribution in [0.3, 0.4) is 0 Å². The molecule has 0 unspecified atom stereocenters. The topological polar surface area (TPSA) is 26.0 Å². The van der Waals surface area contributed by atoms with E-state index < -0.39 is 11.1 Å². The maximum absolute atomic E-state index is 12.9. The van der Waals surface area contributed by atoms with E-state index >= 15 is 0 Å². The van der Waals surface area contributed by atoms with E-state index in [0.717, 1.165) is 0 Å². The summed E-state index contributed by atoms with van der Waals surface area (Å²) in [5.74, 6) is 0. The van der Waals surface area contributed by atoms with Gasteiger partial charge in [-0.2, -0.15) is 13.2 Å². The van der Waals surface area contributed by atoms with Crippen molar-refractivity contribution in [1.29, 1.82) is 0 Å². The molecule has 0 fully saturated rings. The summed E-state index contributed by atoms with van der Waals surface area (Å²) < 4.78 is 38.6. The number of benzene rings is 1. The largest absolute Gasteiger partial charge is 0.426 e. The predicted octanol–water partition coefficient (Wildman–Crippen LogP) is 3.89. The molecule has 1 aromatic carbocycles. The minimum Gasteiger partial charge on any atom is -0.326 e. The van der Waals surface area contributed by atoms with E-state index in [9.17, 15) is 13.2 Å². The van der Waals surface area contributed by atoms with Crippen molar-refractivity contribution in [3.8, 4) is 11.1 Å². The number of alkyl halides is 3. The van der Waals surface area contributed by atoms with Crippen LogP contribution in [0.4, 0.5) is 13.2 Å². The molecule has 1 aromatic heterocycles. The lowest BCUT2D eigenvalue weighted by Gasteiger charge is -2.07. The fourth-order valence-corrected chi connectivity index (χ4v) is 2.51. The Morgan fingerprint density at radius 2 is 1.76 bits per heavy atom. The van der Waals surface area contributed by atoms with Crippen LogP contribution >= 0.6 is 11.3 Å². The third kappa shape index (κ3) is 2.50. The molecule has 0 aliphatic carbocycles. The van der Waals surface area contributed by atoms with E-state index in [1.165, 1.54) is 6.07 Å². The van der Waals surface area contributed by atoms with E-state index in [4.69, 9.17) is 5.73 Å². The summed E-state index contributed by atoms with van der Waals surface area (Å²) in [4.78, 5) is -0.0414. The minimum absolute atomic E-state index is 0.126. The standard InChI is InChI=1S/C12H10F3NS/c13-12(14,15)11-10(6-9(7-16)17-11)8-4-2-1-3-5-8/h1-6H,7,16H2. The summed E-state index contributed by atoms with van der Waals surface area (Å²) in [5, 5.41) is 0. The summed E-state index contributed by atoms with van der Waals surface area (Å²) >= 11 is 0.711. The molecule has 2 rings (SSSR count). The first kappa shape index (κ1) is 12.1. The summed E-state index contributed by atoms with van der Waals surface area (Å²) in [6, 6.07) is 10.1. The van der Waals surface area contributed by atoms with Crippen LogP contribution in [0.2, 0.25) is 0 Å². The van der Waals surface area contributed by atoms with E-state index in [2.05, 4.69) is 0 Å². The summed E-state index contributed by atoms with van der Waals surface area (Å²) in [6.45, 7) is 0.126. The van der Waals surface area contributed by atoms with Crippen LogP contribution in [0.25, 0.3) is 11.1 Å². The van der Waals surface area contributed by atoms with Crippen LogP contribution in [0.1, 0.15) is 9.75 Å². The smallest absolute Gasteiger partial charge is 0.326 e. The van der Waals surface area contributed by atoms with Gasteiger partial charge in [-0.05, 0) is 11.6 Å². The Labute approximate surface area is 101 Å². The first-order chi connectivity index (χ1) is 8.02. The van der Waals surface area contributed by atoms with Crippen molar-refractivity contribution in [2.24, 2.45) is 5.73 Å². The highest BCUT2D eigenvalue weighted by Gasteiger charge is 2.36. The van der Waals surface area contributed by atoms with Gasteiger partial charge in [0.1, 0.15) is 4.88 Å². The number of hydrogen-bond acceptors (Lipinski definition) is 2.